The number of aromatic amines is 1. The molecule has 0 amide bonds. The van der Waals surface area contributed by atoms with Gasteiger partial charge < -0.3 is 9.40 Å². The van der Waals surface area contributed by atoms with Gasteiger partial charge in [0.05, 0.1) is 0 Å². The van der Waals surface area contributed by atoms with E-state index in [0.29, 0.717) is 5.35 Å². The van der Waals surface area contributed by atoms with Crippen LogP contribution in [0.4, 0.5) is 0 Å². The molecule has 2 rings (SSSR count). The molecule has 3 nitrogen and oxygen atoms in total. The average molecular weight is 201 g/mol. The fourth-order valence-corrected chi connectivity index (χ4v) is 1.42. The third kappa shape index (κ3) is 2.07. The highest BCUT2D eigenvalue weighted by atomic mass is 16.4. The van der Waals surface area contributed by atoms with E-state index in [1.165, 1.54) is 0 Å². The van der Waals surface area contributed by atoms with E-state index in [9.17, 15) is 4.79 Å². The molecule has 1 heterocycles. The number of H-pyrrole nitrogens is 1. The Balaban J connectivity index is 2.60. The van der Waals surface area contributed by atoms with E-state index < -0.39 is 0 Å². The van der Waals surface area contributed by atoms with Crippen LogP contribution in [-0.4, -0.2) is 4.98 Å². The first kappa shape index (κ1) is 9.52. The highest BCUT2D eigenvalue weighted by Gasteiger charge is 1.94. The summed E-state index contributed by atoms with van der Waals surface area (Å²) in [5, 5.41) is 0.422. The van der Waals surface area contributed by atoms with E-state index in [2.05, 4.69) is 11.6 Å². The van der Waals surface area contributed by atoms with Crippen LogP contribution in [0.5, 0.6) is 0 Å². The van der Waals surface area contributed by atoms with Gasteiger partial charge in [0.2, 0.25) is 0 Å². The van der Waals surface area contributed by atoms with Crippen LogP contribution < -0.4 is 16.5 Å². The highest BCUT2D eigenvalue weighted by Crippen LogP contribution is 2.03. The number of hydrogen-bond acceptors (Lipinski definition) is 2. The second kappa shape index (κ2) is 3.61. The summed E-state index contributed by atoms with van der Waals surface area (Å²) in [5.74, 6) is 0. The van der Waals surface area contributed by atoms with Crippen LogP contribution in [0, 0.1) is 6.92 Å². The van der Waals surface area contributed by atoms with Crippen molar-refractivity contribution in [2.24, 2.45) is 0 Å². The molecule has 1 aromatic heterocycles. The maximum absolute atomic E-state index is 11.3. The lowest BCUT2D eigenvalue weighted by atomic mass is 10.1. The van der Waals surface area contributed by atoms with Crippen LogP contribution in [0.3, 0.4) is 0 Å². The van der Waals surface area contributed by atoms with E-state index >= 15 is 0 Å². The molecule has 0 aliphatic carbocycles. The first-order chi connectivity index (χ1) is 7.15. The molecule has 0 aliphatic heterocycles. The Morgan fingerprint density at radius 3 is 2.87 bits per heavy atom. The van der Waals surface area contributed by atoms with E-state index in [0.717, 1.165) is 11.1 Å². The molecule has 0 saturated heterocycles. The summed E-state index contributed by atoms with van der Waals surface area (Å²) in [4.78, 5) is 14.0. The van der Waals surface area contributed by atoms with Crippen LogP contribution in [0.1, 0.15) is 11.1 Å². The number of benzene rings is 1. The summed E-state index contributed by atoms with van der Waals surface area (Å²) >= 11 is 0. The maximum Gasteiger partial charge on any atom is 0.361 e. The zero-order chi connectivity index (χ0) is 10.8. The number of aromatic nitrogens is 1. The minimum Gasteiger partial charge on any atom is -0.405 e. The van der Waals surface area contributed by atoms with Crippen LogP contribution in [-0.2, 0) is 0 Å². The second-order valence-corrected chi connectivity index (χ2v) is 3.41. The summed E-state index contributed by atoms with van der Waals surface area (Å²) in [6, 6.07) is 7.86. The van der Waals surface area contributed by atoms with Gasteiger partial charge in [-0.1, -0.05) is 29.8 Å². The Hall–Kier alpha value is -2.03. The quantitative estimate of drug-likeness (QED) is 0.731. The van der Waals surface area contributed by atoms with Gasteiger partial charge >= 0.3 is 5.63 Å². The van der Waals surface area contributed by atoms with Crippen molar-refractivity contribution in [2.75, 3.05) is 0 Å². The van der Waals surface area contributed by atoms with Gasteiger partial charge in [-0.2, -0.15) is 0 Å². The van der Waals surface area contributed by atoms with Gasteiger partial charge in [-0.3, -0.25) is 0 Å². The molecule has 0 saturated carbocycles. The van der Waals surface area contributed by atoms with Crippen molar-refractivity contribution in [3.8, 4) is 0 Å². The average Bonchev–Trinajstić information content (AvgIpc) is 2.45. The Morgan fingerprint density at radius 2 is 2.27 bits per heavy atom. The van der Waals surface area contributed by atoms with E-state index in [4.69, 9.17) is 4.42 Å². The van der Waals surface area contributed by atoms with Gasteiger partial charge in [0, 0.05) is 0 Å². The summed E-state index contributed by atoms with van der Waals surface area (Å²) in [6.07, 6.45) is 1.74. The van der Waals surface area contributed by atoms with Gasteiger partial charge in [-0.25, -0.2) is 4.79 Å². The van der Waals surface area contributed by atoms with Crippen LogP contribution in [0.2, 0.25) is 0 Å². The molecule has 0 bridgehead atoms. The Labute approximate surface area is 86.4 Å². The molecule has 1 aromatic carbocycles. The van der Waals surface area contributed by atoms with Gasteiger partial charge in [0.25, 0.3) is 0 Å². The Morgan fingerprint density at radius 1 is 1.47 bits per heavy atom. The lowest BCUT2D eigenvalue weighted by molar-refractivity contribution is 0.488. The van der Waals surface area contributed by atoms with Crippen LogP contribution >= 0.6 is 0 Å². The van der Waals surface area contributed by atoms with Crippen molar-refractivity contribution in [3.05, 3.63) is 56.7 Å². The number of hydrogen-bond donors (Lipinski definition) is 1. The van der Waals surface area contributed by atoms with Gasteiger partial charge in [-0.05, 0) is 25.1 Å². The lowest BCUT2D eigenvalue weighted by Gasteiger charge is -1.93. The number of aryl methyl sites for hydroxylation is 1. The van der Waals surface area contributed by atoms with Crippen molar-refractivity contribution in [2.45, 2.75) is 6.92 Å². The summed E-state index contributed by atoms with van der Waals surface area (Å²) in [6.45, 7) is 5.52. The van der Waals surface area contributed by atoms with E-state index in [-0.39, 0.29) is 11.2 Å². The highest BCUT2D eigenvalue weighted by molar-refractivity contribution is 5.48. The molecule has 0 spiro atoms. The van der Waals surface area contributed by atoms with Crippen LogP contribution in [0.15, 0.2) is 33.5 Å². The normalized spacial score (nSPS) is 11.9. The summed E-state index contributed by atoms with van der Waals surface area (Å²) < 4.78 is 4.76. The molecule has 2 aromatic rings. The summed E-state index contributed by atoms with van der Waals surface area (Å²) in [5.41, 5.74) is 2.00. The standard InChI is InChI=1S/C12H11NO2/c1-8-4-3-5-10(6-8)7-11-12(14)15-9(2)13-11/h3-7,13H,2H2,1H3. The third-order valence-corrected chi connectivity index (χ3v) is 2.06. The van der Waals surface area contributed by atoms with E-state index in [1.54, 1.807) is 6.08 Å². The molecule has 0 aliphatic rings. The third-order valence-electron chi connectivity index (χ3n) is 2.06. The molecule has 15 heavy (non-hydrogen) atoms. The van der Waals surface area contributed by atoms with Gasteiger partial charge in [0.1, 0.15) is 5.35 Å². The molecular weight excluding hydrogens is 190 g/mol. The fraction of sp³-hybridized carbons (Fsp3) is 0.0833. The minimum absolute atomic E-state index is 0.277. The van der Waals surface area contributed by atoms with Crippen molar-refractivity contribution >= 4 is 12.7 Å². The number of oxazole rings is 1. The van der Waals surface area contributed by atoms with Crippen LogP contribution in [0.25, 0.3) is 12.7 Å². The van der Waals surface area contributed by atoms with Crippen molar-refractivity contribution in [1.29, 1.82) is 0 Å². The molecule has 0 fully saturated rings. The fourth-order valence-electron chi connectivity index (χ4n) is 1.42. The zero-order valence-electron chi connectivity index (χ0n) is 8.41. The van der Waals surface area contributed by atoms with Gasteiger partial charge in [-0.15, -0.1) is 0 Å². The topological polar surface area (TPSA) is 46.0 Å². The lowest BCUT2D eigenvalue weighted by Crippen LogP contribution is -2.20. The molecule has 3 heteroatoms. The predicted molar refractivity (Wildman–Crippen MR) is 58.8 cm³/mol. The molecular formula is C12H11NO2. The number of rotatable bonds is 1. The van der Waals surface area contributed by atoms with Crippen molar-refractivity contribution < 1.29 is 4.42 Å². The monoisotopic (exact) mass is 201 g/mol. The van der Waals surface area contributed by atoms with Gasteiger partial charge in [0.15, 0.2) is 5.55 Å². The molecule has 76 valence electrons. The second-order valence-electron chi connectivity index (χ2n) is 3.41. The molecule has 0 radical (unpaired) electrons. The first-order valence-corrected chi connectivity index (χ1v) is 4.61. The zero-order valence-corrected chi connectivity index (χ0v) is 8.41. The largest absolute Gasteiger partial charge is 0.405 e. The van der Waals surface area contributed by atoms with Crippen molar-refractivity contribution in [3.63, 3.8) is 0 Å². The predicted octanol–water partition coefficient (Wildman–Crippen LogP) is 0.515. The van der Waals surface area contributed by atoms with Crippen molar-refractivity contribution in [1.82, 2.24) is 4.98 Å². The minimum atomic E-state index is -0.387. The Bertz CT molecular complexity index is 634. The Kier molecular flexibility index (Phi) is 2.29. The maximum atomic E-state index is 11.3. The molecule has 0 atom stereocenters. The smallest absolute Gasteiger partial charge is 0.361 e. The summed E-state index contributed by atoms with van der Waals surface area (Å²) in [7, 11) is 0. The molecule has 0 unspecified atom stereocenters. The SMILES string of the molecule is C=c1[nH]c(=Cc2cccc(C)c2)c(=O)o1. The number of nitrogens with one attached hydrogen (secondary N) is 1. The molecule has 1 N–H and O–H groups in total. The van der Waals surface area contributed by atoms with E-state index in [1.807, 2.05) is 31.2 Å². The first-order valence-electron chi connectivity index (χ1n) is 4.61.